The highest BCUT2D eigenvalue weighted by molar-refractivity contribution is 6.09. The lowest BCUT2D eigenvalue weighted by Gasteiger charge is -2.33. The minimum atomic E-state index is -1.05. The second-order valence-electron chi connectivity index (χ2n) is 9.92. The van der Waals surface area contributed by atoms with E-state index in [0.29, 0.717) is 38.0 Å². The minimum Gasteiger partial charge on any atom is -0.330 e. The number of hydrogen-bond acceptors (Lipinski definition) is 4. The summed E-state index contributed by atoms with van der Waals surface area (Å²) >= 11 is 0. The molecule has 1 fully saturated rings. The maximum atomic E-state index is 13.9. The fourth-order valence-corrected chi connectivity index (χ4v) is 5.45. The summed E-state index contributed by atoms with van der Waals surface area (Å²) in [4.78, 5) is 35.0. The smallest absolute Gasteiger partial charge is 0.327 e. The summed E-state index contributed by atoms with van der Waals surface area (Å²) in [5.41, 5.74) is 2.56. The summed E-state index contributed by atoms with van der Waals surface area (Å²) in [7, 11) is 0. The van der Waals surface area contributed by atoms with E-state index in [2.05, 4.69) is 15.6 Å². The van der Waals surface area contributed by atoms with Crippen LogP contribution in [0.15, 0.2) is 79.3 Å². The summed E-state index contributed by atoms with van der Waals surface area (Å²) in [6.07, 6.45) is 5.72. The number of amides is 3. The molecule has 4 aromatic rings. The lowest BCUT2D eigenvalue weighted by molar-refractivity contribution is -0.133. The first-order valence-corrected chi connectivity index (χ1v) is 13.1. The van der Waals surface area contributed by atoms with Gasteiger partial charge in [0.15, 0.2) is 0 Å². The van der Waals surface area contributed by atoms with Crippen molar-refractivity contribution >= 4 is 22.7 Å². The first-order chi connectivity index (χ1) is 18.5. The van der Waals surface area contributed by atoms with Crippen LogP contribution in [0.4, 0.5) is 4.79 Å². The number of carbonyl (C=O) groups is 2. The third-order valence-corrected chi connectivity index (χ3v) is 7.47. The molecule has 1 unspecified atom stereocenters. The minimum absolute atomic E-state index is 0.168. The van der Waals surface area contributed by atoms with Crippen molar-refractivity contribution in [2.24, 2.45) is 0 Å². The van der Waals surface area contributed by atoms with Gasteiger partial charge in [-0.3, -0.25) is 9.69 Å². The summed E-state index contributed by atoms with van der Waals surface area (Å²) < 4.78 is 2.07. The number of imide groups is 1. The second kappa shape index (κ2) is 10.5. The van der Waals surface area contributed by atoms with Crippen LogP contribution in [0.5, 0.6) is 0 Å². The van der Waals surface area contributed by atoms with E-state index in [1.54, 1.807) is 11.2 Å². The molecule has 192 valence electrons. The first kappa shape index (κ1) is 25.2. The quantitative estimate of drug-likeness (QED) is 0.282. The molecule has 0 aliphatic carbocycles. The number of nitriles is 1. The fourth-order valence-electron chi connectivity index (χ4n) is 5.45. The molecule has 0 spiro atoms. The number of aromatic nitrogens is 2. The molecule has 1 atom stereocenters. The summed E-state index contributed by atoms with van der Waals surface area (Å²) in [6.45, 7) is 5.42. The Labute approximate surface area is 222 Å². The molecule has 38 heavy (non-hydrogen) atoms. The zero-order valence-electron chi connectivity index (χ0n) is 21.8. The van der Waals surface area contributed by atoms with E-state index in [-0.39, 0.29) is 11.9 Å². The van der Waals surface area contributed by atoms with Crippen LogP contribution in [0.25, 0.3) is 10.8 Å². The van der Waals surface area contributed by atoms with Crippen LogP contribution in [-0.2, 0) is 23.3 Å². The lowest BCUT2D eigenvalue weighted by atomic mass is 9.86. The molecule has 0 bridgehead atoms. The van der Waals surface area contributed by atoms with Crippen molar-refractivity contribution in [2.45, 2.75) is 45.2 Å². The molecule has 7 nitrogen and oxygen atoms in total. The molecule has 7 heteroatoms. The zero-order valence-corrected chi connectivity index (χ0v) is 21.8. The van der Waals surface area contributed by atoms with Gasteiger partial charge in [-0.1, -0.05) is 61.5 Å². The standard InChI is InChI=1S/C31H31N5O2/c1-3-17-36-30(38)35(29(37)31(36,2)28-12-6-9-25-8-4-5-11-27(25)28)18-7-10-26-20-33-22-34(26)21-24-15-13-23(19-32)14-16-24/h4-6,8-9,11-16,20,22H,3,7,10,17-18,21H2,1-2H3. The average molecular weight is 506 g/mol. The predicted molar refractivity (Wildman–Crippen MR) is 146 cm³/mol. The summed E-state index contributed by atoms with van der Waals surface area (Å²) in [5.74, 6) is -0.168. The van der Waals surface area contributed by atoms with Gasteiger partial charge in [-0.15, -0.1) is 0 Å². The van der Waals surface area contributed by atoms with Crippen molar-refractivity contribution < 1.29 is 9.59 Å². The van der Waals surface area contributed by atoms with Gasteiger partial charge < -0.3 is 9.47 Å². The van der Waals surface area contributed by atoms with Gasteiger partial charge in [0, 0.05) is 31.5 Å². The Kier molecular flexibility index (Phi) is 6.97. The topological polar surface area (TPSA) is 82.2 Å². The highest BCUT2D eigenvalue weighted by Gasteiger charge is 2.55. The van der Waals surface area contributed by atoms with Gasteiger partial charge in [-0.2, -0.15) is 5.26 Å². The van der Waals surface area contributed by atoms with Crippen molar-refractivity contribution in [1.29, 1.82) is 5.26 Å². The van der Waals surface area contributed by atoms with E-state index in [4.69, 9.17) is 5.26 Å². The predicted octanol–water partition coefficient (Wildman–Crippen LogP) is 5.48. The van der Waals surface area contributed by atoms with Crippen molar-refractivity contribution in [3.8, 4) is 6.07 Å². The number of aryl methyl sites for hydroxylation is 1. The third-order valence-electron chi connectivity index (χ3n) is 7.47. The van der Waals surface area contributed by atoms with Gasteiger partial charge in [-0.05, 0) is 60.2 Å². The molecule has 3 aromatic carbocycles. The van der Waals surface area contributed by atoms with Crippen LogP contribution in [0.1, 0.15) is 49.1 Å². The number of rotatable bonds is 9. The molecular weight excluding hydrogens is 474 g/mol. The highest BCUT2D eigenvalue weighted by atomic mass is 16.2. The monoisotopic (exact) mass is 505 g/mol. The SMILES string of the molecule is CCCN1C(=O)N(CCCc2cncn2Cc2ccc(C#N)cc2)C(=O)C1(C)c1cccc2ccccc12. The van der Waals surface area contributed by atoms with E-state index in [1.165, 1.54) is 4.90 Å². The Morgan fingerprint density at radius 2 is 1.74 bits per heavy atom. The Balaban J connectivity index is 1.33. The second-order valence-corrected chi connectivity index (χ2v) is 9.92. The van der Waals surface area contributed by atoms with E-state index >= 15 is 0 Å². The van der Waals surface area contributed by atoms with Gasteiger partial charge in [0.1, 0.15) is 5.54 Å². The Hall–Kier alpha value is -4.44. The van der Waals surface area contributed by atoms with Gasteiger partial charge in [-0.25, -0.2) is 9.78 Å². The van der Waals surface area contributed by atoms with E-state index in [0.717, 1.165) is 34.0 Å². The fraction of sp³-hybridized carbons (Fsp3) is 0.290. The molecule has 1 aliphatic heterocycles. The Morgan fingerprint density at radius 1 is 0.974 bits per heavy atom. The van der Waals surface area contributed by atoms with Crippen molar-refractivity contribution in [2.75, 3.05) is 13.1 Å². The molecule has 2 heterocycles. The Morgan fingerprint density at radius 3 is 2.50 bits per heavy atom. The number of urea groups is 1. The van der Waals surface area contributed by atoms with E-state index in [9.17, 15) is 9.59 Å². The van der Waals surface area contributed by atoms with Crippen LogP contribution in [0.3, 0.4) is 0 Å². The number of fused-ring (bicyclic) bond motifs is 1. The number of benzene rings is 3. The van der Waals surface area contributed by atoms with E-state index < -0.39 is 5.54 Å². The molecular formula is C31H31N5O2. The van der Waals surface area contributed by atoms with Crippen LogP contribution < -0.4 is 0 Å². The largest absolute Gasteiger partial charge is 0.330 e. The Bertz CT molecular complexity index is 1510. The number of hydrogen-bond donors (Lipinski definition) is 0. The first-order valence-electron chi connectivity index (χ1n) is 13.1. The third kappa shape index (κ3) is 4.43. The lowest BCUT2D eigenvalue weighted by Crippen LogP contribution is -2.44. The molecule has 3 amide bonds. The summed E-state index contributed by atoms with van der Waals surface area (Å²) in [6, 6.07) is 23.4. The summed E-state index contributed by atoms with van der Waals surface area (Å²) in [5, 5.41) is 11.1. The van der Waals surface area contributed by atoms with Gasteiger partial charge in [0.2, 0.25) is 0 Å². The molecule has 5 rings (SSSR count). The molecule has 0 saturated carbocycles. The van der Waals surface area contributed by atoms with Gasteiger partial charge in [0.25, 0.3) is 5.91 Å². The van der Waals surface area contributed by atoms with Crippen LogP contribution >= 0.6 is 0 Å². The van der Waals surface area contributed by atoms with E-state index in [1.807, 2.05) is 86.8 Å². The molecule has 0 radical (unpaired) electrons. The van der Waals surface area contributed by atoms with Crippen LogP contribution in [-0.4, -0.2) is 44.4 Å². The van der Waals surface area contributed by atoms with Crippen molar-refractivity contribution in [3.63, 3.8) is 0 Å². The van der Waals surface area contributed by atoms with Crippen molar-refractivity contribution in [3.05, 3.63) is 102 Å². The van der Waals surface area contributed by atoms with Gasteiger partial charge in [0.05, 0.1) is 18.0 Å². The maximum Gasteiger partial charge on any atom is 0.327 e. The number of imidazole rings is 1. The van der Waals surface area contributed by atoms with Crippen LogP contribution in [0, 0.1) is 11.3 Å². The molecule has 1 aliphatic rings. The van der Waals surface area contributed by atoms with Crippen molar-refractivity contribution in [1.82, 2.24) is 19.4 Å². The molecule has 1 saturated heterocycles. The zero-order chi connectivity index (χ0) is 26.7. The van der Waals surface area contributed by atoms with Crippen LogP contribution in [0.2, 0.25) is 0 Å². The normalized spacial score (nSPS) is 17.4. The number of carbonyl (C=O) groups excluding carboxylic acids is 2. The highest BCUT2D eigenvalue weighted by Crippen LogP contribution is 2.40. The van der Waals surface area contributed by atoms with Gasteiger partial charge >= 0.3 is 6.03 Å². The number of nitrogens with zero attached hydrogens (tertiary/aromatic N) is 5. The average Bonchev–Trinajstić information content (AvgIpc) is 3.46. The molecule has 1 aromatic heterocycles. The molecule has 0 N–H and O–H groups in total. The maximum absolute atomic E-state index is 13.9.